The second-order valence-electron chi connectivity index (χ2n) is 8.14. The molecule has 2 N–H and O–H groups in total. The zero-order valence-corrected chi connectivity index (χ0v) is 16.2. The lowest BCUT2D eigenvalue weighted by atomic mass is 9.76. The molecule has 0 atom stereocenters. The van der Waals surface area contributed by atoms with E-state index < -0.39 is 6.09 Å². The number of ketones is 1. The minimum absolute atomic E-state index is 0.0711. The van der Waals surface area contributed by atoms with Gasteiger partial charge in [0.1, 0.15) is 11.5 Å². The van der Waals surface area contributed by atoms with Crippen molar-refractivity contribution in [2.75, 3.05) is 0 Å². The van der Waals surface area contributed by atoms with Crippen molar-refractivity contribution >= 4 is 11.9 Å². The van der Waals surface area contributed by atoms with E-state index in [1.54, 1.807) is 18.2 Å². The van der Waals surface area contributed by atoms with Crippen molar-refractivity contribution in [2.24, 2.45) is 5.92 Å². The van der Waals surface area contributed by atoms with Crippen molar-refractivity contribution < 1.29 is 19.1 Å². The van der Waals surface area contributed by atoms with Gasteiger partial charge < -0.3 is 10.4 Å². The number of nitrogens with zero attached hydrogens (tertiary/aromatic N) is 1. The topological polar surface area (TPSA) is 79.3 Å². The molecule has 4 rings (SSSR count). The van der Waals surface area contributed by atoms with Gasteiger partial charge in [-0.1, -0.05) is 18.2 Å². The molecule has 0 aliphatic heterocycles. The molecule has 29 heavy (non-hydrogen) atoms. The average Bonchev–Trinajstić information content (AvgIpc) is 3.57. The van der Waals surface area contributed by atoms with Gasteiger partial charge >= 0.3 is 6.09 Å². The summed E-state index contributed by atoms with van der Waals surface area (Å²) >= 11 is 0. The molecule has 0 saturated heterocycles. The van der Waals surface area contributed by atoms with Gasteiger partial charge in [-0.15, -0.1) is 0 Å². The number of amides is 1. The Hall–Kier alpha value is -2.76. The summed E-state index contributed by atoms with van der Waals surface area (Å²) in [4.78, 5) is 28.6. The first-order valence-corrected chi connectivity index (χ1v) is 10.3. The molecule has 6 heteroatoms. The zero-order chi connectivity index (χ0) is 20.4. The molecule has 2 saturated carbocycles. The molecule has 152 valence electrons. The lowest BCUT2D eigenvalue weighted by Gasteiger charge is -2.28. The standard InChI is InChI=1S/C23H25FN2O3/c24-18-3-1-2-17(12-18)14-4-8-16(9-5-14)22(27)21-20(15-6-7-15)11-10-19(26-21)13-25-23(28)29/h1-3,10-12,14-16,25H,4-9,13H2,(H,28,29). The van der Waals surface area contributed by atoms with E-state index in [1.807, 2.05) is 12.1 Å². The van der Waals surface area contributed by atoms with Gasteiger partial charge in [0, 0.05) is 5.92 Å². The molecule has 1 aromatic heterocycles. The Bertz CT molecular complexity index is 918. The fourth-order valence-corrected chi connectivity index (χ4v) is 4.34. The van der Waals surface area contributed by atoms with Gasteiger partial charge in [0.25, 0.3) is 0 Å². The number of Topliss-reactive ketones (excluding diaryl/α,β-unsaturated/α-hetero) is 1. The van der Waals surface area contributed by atoms with Gasteiger partial charge in [0.2, 0.25) is 0 Å². The van der Waals surface area contributed by atoms with Gasteiger partial charge in [-0.2, -0.15) is 0 Å². The highest BCUT2D eigenvalue weighted by molar-refractivity contribution is 5.97. The number of hydrogen-bond donors (Lipinski definition) is 2. The zero-order valence-electron chi connectivity index (χ0n) is 16.2. The van der Waals surface area contributed by atoms with E-state index in [2.05, 4.69) is 10.3 Å². The Morgan fingerprint density at radius 2 is 1.76 bits per heavy atom. The Labute approximate surface area is 169 Å². The number of carbonyl (C=O) groups excluding carboxylic acids is 1. The predicted molar refractivity (Wildman–Crippen MR) is 107 cm³/mol. The maximum absolute atomic E-state index is 13.5. The highest BCUT2D eigenvalue weighted by Crippen LogP contribution is 2.43. The van der Waals surface area contributed by atoms with Crippen molar-refractivity contribution in [2.45, 2.75) is 56.9 Å². The van der Waals surface area contributed by atoms with Crippen molar-refractivity contribution in [1.29, 1.82) is 0 Å². The van der Waals surface area contributed by atoms with Crippen LogP contribution in [0.1, 0.15) is 77.7 Å². The number of halogens is 1. The fraction of sp³-hybridized carbons (Fsp3) is 0.435. The number of nitrogens with one attached hydrogen (secondary N) is 1. The Morgan fingerprint density at radius 3 is 2.41 bits per heavy atom. The summed E-state index contributed by atoms with van der Waals surface area (Å²) < 4.78 is 13.5. The molecule has 1 amide bonds. The van der Waals surface area contributed by atoms with Crippen LogP contribution in [-0.2, 0) is 6.54 Å². The van der Waals surface area contributed by atoms with Crippen molar-refractivity contribution in [1.82, 2.24) is 10.3 Å². The van der Waals surface area contributed by atoms with Crippen LogP contribution in [0.2, 0.25) is 0 Å². The number of benzene rings is 1. The van der Waals surface area contributed by atoms with Crippen molar-refractivity contribution in [3.8, 4) is 0 Å². The molecule has 2 aromatic rings. The van der Waals surface area contributed by atoms with Crippen LogP contribution in [0.4, 0.5) is 9.18 Å². The Balaban J connectivity index is 1.47. The lowest BCUT2D eigenvalue weighted by Crippen LogP contribution is -2.25. The van der Waals surface area contributed by atoms with Gasteiger partial charge in [-0.05, 0) is 79.7 Å². The van der Waals surface area contributed by atoms with E-state index in [0.29, 0.717) is 17.3 Å². The monoisotopic (exact) mass is 396 g/mol. The summed E-state index contributed by atoms with van der Waals surface area (Å²) in [6.45, 7) is 0.0902. The van der Waals surface area contributed by atoms with E-state index >= 15 is 0 Å². The number of aromatic nitrogens is 1. The summed E-state index contributed by atoms with van der Waals surface area (Å²) in [6.07, 6.45) is 4.29. The first kappa shape index (κ1) is 19.6. The van der Waals surface area contributed by atoms with Crippen LogP contribution in [0.5, 0.6) is 0 Å². The molecule has 0 radical (unpaired) electrons. The maximum atomic E-state index is 13.5. The molecular formula is C23H25FN2O3. The first-order valence-electron chi connectivity index (χ1n) is 10.3. The van der Waals surface area contributed by atoms with Gasteiger partial charge in [0.15, 0.2) is 5.78 Å². The molecule has 0 unspecified atom stereocenters. The molecule has 2 aliphatic rings. The summed E-state index contributed by atoms with van der Waals surface area (Å²) in [6, 6.07) is 10.5. The second-order valence-corrected chi connectivity index (χ2v) is 8.14. The average molecular weight is 396 g/mol. The summed E-state index contributed by atoms with van der Waals surface area (Å²) in [5.74, 6) is 0.461. The minimum Gasteiger partial charge on any atom is -0.465 e. The third-order valence-corrected chi connectivity index (χ3v) is 6.07. The SMILES string of the molecule is O=C(O)NCc1ccc(C2CC2)c(C(=O)C2CCC(c3cccc(F)c3)CC2)n1. The maximum Gasteiger partial charge on any atom is 0.404 e. The molecule has 2 aliphatic carbocycles. The molecule has 5 nitrogen and oxygen atoms in total. The fourth-order valence-electron chi connectivity index (χ4n) is 4.34. The second kappa shape index (κ2) is 8.31. The predicted octanol–water partition coefficient (Wildman–Crippen LogP) is 5.02. The Morgan fingerprint density at radius 1 is 1.03 bits per heavy atom. The van der Waals surface area contributed by atoms with Gasteiger partial charge in [0.05, 0.1) is 12.2 Å². The molecule has 1 aromatic carbocycles. The molecular weight excluding hydrogens is 371 g/mol. The highest BCUT2D eigenvalue weighted by atomic mass is 19.1. The largest absolute Gasteiger partial charge is 0.465 e. The van der Waals surface area contributed by atoms with E-state index in [9.17, 15) is 14.0 Å². The summed E-state index contributed by atoms with van der Waals surface area (Å²) in [5, 5.41) is 11.1. The quantitative estimate of drug-likeness (QED) is 0.672. The van der Waals surface area contributed by atoms with E-state index in [0.717, 1.165) is 49.7 Å². The van der Waals surface area contributed by atoms with Crippen LogP contribution in [0, 0.1) is 11.7 Å². The van der Waals surface area contributed by atoms with Crippen LogP contribution in [0.3, 0.4) is 0 Å². The van der Waals surface area contributed by atoms with Crippen LogP contribution < -0.4 is 5.32 Å². The van der Waals surface area contributed by atoms with E-state index in [-0.39, 0.29) is 30.0 Å². The third kappa shape index (κ3) is 4.63. The molecule has 0 bridgehead atoms. The van der Waals surface area contributed by atoms with Crippen LogP contribution in [0.25, 0.3) is 0 Å². The smallest absolute Gasteiger partial charge is 0.404 e. The van der Waals surface area contributed by atoms with E-state index in [1.165, 1.54) is 6.07 Å². The first-order chi connectivity index (χ1) is 14.0. The number of carbonyl (C=O) groups is 2. The summed E-state index contributed by atoms with van der Waals surface area (Å²) in [7, 11) is 0. The minimum atomic E-state index is -1.11. The normalized spacial score (nSPS) is 21.6. The van der Waals surface area contributed by atoms with Crippen LogP contribution in [-0.4, -0.2) is 22.0 Å². The number of hydrogen-bond acceptors (Lipinski definition) is 3. The van der Waals surface area contributed by atoms with Crippen molar-refractivity contribution in [3.05, 3.63) is 64.7 Å². The Kier molecular flexibility index (Phi) is 5.60. The lowest BCUT2D eigenvalue weighted by molar-refractivity contribution is 0.0877. The van der Waals surface area contributed by atoms with Crippen LogP contribution in [0.15, 0.2) is 36.4 Å². The van der Waals surface area contributed by atoms with Gasteiger partial charge in [-0.3, -0.25) is 4.79 Å². The highest BCUT2D eigenvalue weighted by Gasteiger charge is 2.34. The number of carboxylic acid groups (broad SMARTS) is 1. The number of pyridine rings is 1. The number of rotatable bonds is 6. The molecule has 0 spiro atoms. The van der Waals surface area contributed by atoms with Crippen molar-refractivity contribution in [3.63, 3.8) is 0 Å². The van der Waals surface area contributed by atoms with Gasteiger partial charge in [-0.25, -0.2) is 14.2 Å². The summed E-state index contributed by atoms with van der Waals surface area (Å²) in [5.41, 5.74) is 3.09. The van der Waals surface area contributed by atoms with Crippen LogP contribution >= 0.6 is 0 Å². The van der Waals surface area contributed by atoms with E-state index in [4.69, 9.17) is 5.11 Å². The molecule has 1 heterocycles. The molecule has 2 fully saturated rings. The third-order valence-electron chi connectivity index (χ3n) is 6.07.